The number of primary amides is 1. The molecule has 3 heterocycles. The SMILES string of the molecule is CC(C)[C@H](NC(=O)[C@@H](CCCN=C(N)N)NC(=O)[C@@H](N)CC(N)=O)C(=O)N[C@@H](Cc1ccc(O)cc1)C(=O)N1CCC[C@@H]1C(=O)N[C@@H](Cc1cnc[nH]1)C(=O)N1CCC[C@@H]1C(=O)N[C@@H](Cc1ccccc1)C(=O)O. The number of rotatable bonds is 26. The molecule has 25 nitrogen and oxygen atoms in total. The zero-order valence-corrected chi connectivity index (χ0v) is 41.4. The number of carboxylic acids is 1. The largest absolute Gasteiger partial charge is 0.508 e. The Morgan fingerprint density at radius 3 is 1.81 bits per heavy atom. The Bertz CT molecular complexity index is 2470. The van der Waals surface area contributed by atoms with Gasteiger partial charge in [-0.2, -0.15) is 0 Å². The maximum absolute atomic E-state index is 14.8. The number of carbonyl (C=O) groups is 9. The lowest BCUT2D eigenvalue weighted by Crippen LogP contribution is -2.61. The van der Waals surface area contributed by atoms with Gasteiger partial charge in [0.1, 0.15) is 48.0 Å². The molecular formula is C49H68N14O11. The Kier molecular flexibility index (Phi) is 20.8. The standard InChI is InChI=1S/C49H68N14O11/c1-27(2)40(61-42(67)33(11-6-18-55-49(52)53)57-41(66)32(50)24-39(51)65)45(70)59-34(21-29-14-16-31(64)17-15-29)46(71)62-19-7-12-37(62)43(68)58-35(23-30-25-54-26-56-30)47(72)63-20-8-13-38(63)44(69)60-36(48(73)74)22-28-9-4-3-5-10-28/h3-5,9-10,14-17,25-27,32-38,40,64H,6-8,11-13,18-24,50H2,1-2H3,(H2,51,65)(H,54,56)(H,57,66)(H,58,68)(H,59,70)(H,60,69)(H,61,67)(H,73,74)(H4,52,53,55)/t32-,33+,34-,35-,36-,37+,38+,40-/m0/s1. The number of imidazole rings is 1. The number of aromatic amines is 1. The number of nitrogens with one attached hydrogen (secondary N) is 6. The number of hydrogen-bond acceptors (Lipinski definition) is 13. The molecular weight excluding hydrogens is 961 g/mol. The van der Waals surface area contributed by atoms with Crippen molar-refractivity contribution >= 4 is 59.2 Å². The van der Waals surface area contributed by atoms with Gasteiger partial charge in [-0.15, -0.1) is 0 Å². The van der Waals surface area contributed by atoms with Crippen LogP contribution in [0, 0.1) is 5.92 Å². The van der Waals surface area contributed by atoms with Gasteiger partial charge < -0.3 is 74.5 Å². The third-order valence-electron chi connectivity index (χ3n) is 12.7. The third kappa shape index (κ3) is 16.5. The van der Waals surface area contributed by atoms with Crippen molar-refractivity contribution in [2.24, 2.45) is 33.8 Å². The number of carboxylic acid groups (broad SMARTS) is 1. The molecule has 2 aliphatic heterocycles. The van der Waals surface area contributed by atoms with Crippen LogP contribution < -0.4 is 49.5 Å². The topological polar surface area (TPSA) is 406 Å². The van der Waals surface area contributed by atoms with Crippen molar-refractivity contribution in [2.75, 3.05) is 19.6 Å². The summed E-state index contributed by atoms with van der Waals surface area (Å²) in [5, 5.41) is 33.4. The van der Waals surface area contributed by atoms with Crippen molar-refractivity contribution in [2.45, 2.75) is 126 Å². The number of amides is 8. The first kappa shape index (κ1) is 56.8. The summed E-state index contributed by atoms with van der Waals surface area (Å²) < 4.78 is 0. The second-order valence-corrected chi connectivity index (χ2v) is 18.8. The second kappa shape index (κ2) is 27.1. The lowest BCUT2D eigenvalue weighted by molar-refractivity contribution is -0.145. The van der Waals surface area contributed by atoms with Gasteiger partial charge in [0.25, 0.3) is 0 Å². The first-order valence-corrected chi connectivity index (χ1v) is 24.5. The van der Waals surface area contributed by atoms with Crippen LogP contribution in [0.2, 0.25) is 0 Å². The van der Waals surface area contributed by atoms with Crippen molar-refractivity contribution in [1.29, 1.82) is 0 Å². The highest BCUT2D eigenvalue weighted by Gasteiger charge is 2.43. The van der Waals surface area contributed by atoms with E-state index in [1.54, 1.807) is 56.3 Å². The Labute approximate surface area is 427 Å². The van der Waals surface area contributed by atoms with Crippen LogP contribution in [-0.2, 0) is 62.4 Å². The number of benzene rings is 2. The molecule has 2 aliphatic rings. The first-order chi connectivity index (χ1) is 35.2. The van der Waals surface area contributed by atoms with Gasteiger partial charge in [-0.3, -0.25) is 43.3 Å². The summed E-state index contributed by atoms with van der Waals surface area (Å²) in [5.74, 6) is -8.00. The number of phenolic OH excluding ortho intramolecular Hbond substituents is 1. The molecule has 25 heteroatoms. The van der Waals surface area contributed by atoms with Crippen LogP contribution in [0.25, 0.3) is 0 Å². The molecule has 0 unspecified atom stereocenters. The molecule has 2 saturated heterocycles. The van der Waals surface area contributed by atoms with Crippen molar-refractivity contribution in [3.8, 4) is 5.75 Å². The van der Waals surface area contributed by atoms with Gasteiger partial charge in [0, 0.05) is 50.8 Å². The minimum Gasteiger partial charge on any atom is -0.508 e. The lowest BCUT2D eigenvalue weighted by atomic mass is 9.99. The number of likely N-dealkylation sites (tertiary alicyclic amines) is 2. The minimum atomic E-state index is -1.38. The van der Waals surface area contributed by atoms with Gasteiger partial charge in [-0.05, 0) is 67.7 Å². The highest BCUT2D eigenvalue weighted by atomic mass is 16.4. The van der Waals surface area contributed by atoms with E-state index in [1.165, 1.54) is 34.5 Å². The number of aliphatic imine (C=N–C) groups is 1. The number of nitrogens with two attached hydrogens (primary N) is 4. The average Bonchev–Trinajstić information content (AvgIpc) is 4.17. The summed E-state index contributed by atoms with van der Waals surface area (Å²) in [6.07, 6.45) is 3.58. The van der Waals surface area contributed by atoms with Crippen LogP contribution in [0.1, 0.15) is 75.6 Å². The normalized spacial score (nSPS) is 17.7. The predicted molar refractivity (Wildman–Crippen MR) is 268 cm³/mol. The van der Waals surface area contributed by atoms with Crippen molar-refractivity contribution in [1.82, 2.24) is 46.4 Å². The zero-order valence-electron chi connectivity index (χ0n) is 41.4. The van der Waals surface area contributed by atoms with Gasteiger partial charge in [0.15, 0.2) is 5.96 Å². The van der Waals surface area contributed by atoms with Gasteiger partial charge in [-0.25, -0.2) is 9.78 Å². The molecule has 0 radical (unpaired) electrons. The highest BCUT2D eigenvalue weighted by molar-refractivity contribution is 5.98. The maximum atomic E-state index is 14.8. The quantitative estimate of drug-likeness (QED) is 0.0226. The number of nitrogens with zero attached hydrogens (tertiary/aromatic N) is 4. The van der Waals surface area contributed by atoms with Crippen molar-refractivity contribution in [3.05, 3.63) is 83.9 Å². The number of aromatic hydroxyl groups is 1. The molecule has 0 bridgehead atoms. The summed E-state index contributed by atoms with van der Waals surface area (Å²) in [6.45, 7) is 3.61. The number of aliphatic carboxylic acids is 1. The number of phenols is 1. The molecule has 3 aromatic rings. The smallest absolute Gasteiger partial charge is 0.326 e. The van der Waals surface area contributed by atoms with Crippen LogP contribution in [-0.4, -0.2) is 157 Å². The summed E-state index contributed by atoms with van der Waals surface area (Å²) in [5.41, 5.74) is 23.6. The second-order valence-electron chi connectivity index (χ2n) is 18.8. The van der Waals surface area contributed by atoms with Crippen molar-refractivity contribution < 1.29 is 53.4 Å². The van der Waals surface area contributed by atoms with Crippen molar-refractivity contribution in [3.63, 3.8) is 0 Å². The molecule has 0 saturated carbocycles. The van der Waals surface area contributed by atoms with E-state index in [0.717, 1.165) is 0 Å². The van der Waals surface area contributed by atoms with E-state index in [2.05, 4.69) is 41.5 Å². The van der Waals surface area contributed by atoms with Crippen LogP contribution >= 0.6 is 0 Å². The Balaban J connectivity index is 1.35. The Morgan fingerprint density at radius 1 is 0.716 bits per heavy atom. The van der Waals surface area contributed by atoms with Gasteiger partial charge in [0.05, 0.1) is 18.8 Å². The first-order valence-electron chi connectivity index (χ1n) is 24.5. The Morgan fingerprint density at radius 2 is 1.27 bits per heavy atom. The van der Waals surface area contributed by atoms with E-state index in [0.29, 0.717) is 29.7 Å². The molecule has 16 N–H and O–H groups in total. The fraction of sp³-hybridized carbons (Fsp3) is 0.490. The molecule has 2 aromatic carbocycles. The Hall–Kier alpha value is -8.09. The van der Waals surface area contributed by atoms with E-state index in [9.17, 15) is 53.4 Å². The van der Waals surface area contributed by atoms with Gasteiger partial charge in [-0.1, -0.05) is 56.3 Å². The molecule has 2 fully saturated rings. The van der Waals surface area contributed by atoms with E-state index < -0.39 is 114 Å². The lowest BCUT2D eigenvalue weighted by Gasteiger charge is -2.32. The fourth-order valence-electron chi connectivity index (χ4n) is 8.89. The number of carbonyl (C=O) groups excluding carboxylic acids is 8. The van der Waals surface area contributed by atoms with E-state index in [-0.39, 0.29) is 76.3 Å². The zero-order chi connectivity index (χ0) is 54.1. The molecule has 400 valence electrons. The highest BCUT2D eigenvalue weighted by Crippen LogP contribution is 2.24. The molecule has 0 spiro atoms. The summed E-state index contributed by atoms with van der Waals surface area (Å²) in [6, 6.07) is 4.67. The third-order valence-corrected chi connectivity index (χ3v) is 12.7. The summed E-state index contributed by atoms with van der Waals surface area (Å²) in [4.78, 5) is 136. The molecule has 1 aromatic heterocycles. The van der Waals surface area contributed by atoms with Gasteiger partial charge in [0.2, 0.25) is 47.3 Å². The van der Waals surface area contributed by atoms with E-state index >= 15 is 0 Å². The van der Waals surface area contributed by atoms with Crippen LogP contribution in [0.4, 0.5) is 0 Å². The fourth-order valence-corrected chi connectivity index (χ4v) is 8.89. The summed E-state index contributed by atoms with van der Waals surface area (Å²) >= 11 is 0. The monoisotopic (exact) mass is 1030 g/mol. The van der Waals surface area contributed by atoms with Crippen LogP contribution in [0.3, 0.4) is 0 Å². The van der Waals surface area contributed by atoms with E-state index in [1.807, 2.05) is 0 Å². The molecule has 8 atom stereocenters. The predicted octanol–water partition coefficient (Wildman–Crippen LogP) is -2.45. The number of hydrogen-bond donors (Lipinski definition) is 12. The molecule has 74 heavy (non-hydrogen) atoms. The van der Waals surface area contributed by atoms with Gasteiger partial charge >= 0.3 is 5.97 Å². The minimum absolute atomic E-state index is 0.00868. The maximum Gasteiger partial charge on any atom is 0.326 e. The van der Waals surface area contributed by atoms with Crippen LogP contribution in [0.5, 0.6) is 5.75 Å². The molecule has 5 rings (SSSR count). The number of H-pyrrole nitrogens is 1. The average molecular weight is 1030 g/mol. The summed E-state index contributed by atoms with van der Waals surface area (Å²) in [7, 11) is 0. The molecule has 8 amide bonds. The number of guanidine groups is 1. The van der Waals surface area contributed by atoms with E-state index in [4.69, 9.17) is 22.9 Å². The number of aromatic nitrogens is 2. The molecule has 0 aliphatic carbocycles. The van der Waals surface area contributed by atoms with Crippen LogP contribution in [0.15, 0.2) is 72.1 Å².